The molecule has 326 valence electrons. The SMILES string of the molecule is CCCCCCCCCCCCCCCc1ccccc1C(=O)Nc1nc(NC(=O)c2ccccc2CCCCCCCCCCCCCCC)nc(-c2ccccc2)n1. The highest BCUT2D eigenvalue weighted by Gasteiger charge is 2.18. The summed E-state index contributed by atoms with van der Waals surface area (Å²) < 4.78 is 0. The van der Waals surface area contributed by atoms with Crippen LogP contribution >= 0.6 is 0 Å². The van der Waals surface area contributed by atoms with Crippen molar-refractivity contribution >= 4 is 23.7 Å². The average Bonchev–Trinajstić information content (AvgIpc) is 3.27. The zero-order valence-electron chi connectivity index (χ0n) is 37.5. The summed E-state index contributed by atoms with van der Waals surface area (Å²) in [7, 11) is 0. The first-order valence-corrected chi connectivity index (χ1v) is 24.2. The molecule has 1 heterocycles. The lowest BCUT2D eigenvalue weighted by Gasteiger charge is -2.13. The Balaban J connectivity index is 1.28. The first kappa shape index (κ1) is 48.3. The molecule has 3 aromatic carbocycles. The minimum absolute atomic E-state index is 0.0974. The molecule has 0 spiro atoms. The third kappa shape index (κ3) is 19.3. The van der Waals surface area contributed by atoms with Gasteiger partial charge in [-0.15, -0.1) is 0 Å². The molecule has 0 aliphatic heterocycles. The second-order valence-electron chi connectivity index (χ2n) is 16.9. The largest absolute Gasteiger partial charge is 0.290 e. The molecule has 0 fully saturated rings. The zero-order valence-corrected chi connectivity index (χ0v) is 37.5. The molecule has 7 heteroatoms. The quantitative estimate of drug-likeness (QED) is 0.0467. The number of nitrogens with zero attached hydrogens (tertiary/aromatic N) is 3. The van der Waals surface area contributed by atoms with Crippen LogP contribution in [-0.2, 0) is 12.8 Å². The van der Waals surface area contributed by atoms with Gasteiger partial charge in [-0.1, -0.05) is 235 Å². The Labute approximate surface area is 363 Å². The van der Waals surface area contributed by atoms with Crippen molar-refractivity contribution in [3.8, 4) is 11.4 Å². The zero-order chi connectivity index (χ0) is 42.3. The summed E-state index contributed by atoms with van der Waals surface area (Å²) in [6, 6.07) is 25.2. The first-order valence-electron chi connectivity index (χ1n) is 24.2. The van der Waals surface area contributed by atoms with E-state index in [4.69, 9.17) is 0 Å². The van der Waals surface area contributed by atoms with Gasteiger partial charge in [-0.25, -0.2) is 0 Å². The maximum absolute atomic E-state index is 13.8. The van der Waals surface area contributed by atoms with Crippen LogP contribution in [-0.4, -0.2) is 26.8 Å². The number of hydrogen-bond donors (Lipinski definition) is 2. The number of hydrogen-bond acceptors (Lipinski definition) is 5. The monoisotopic (exact) mass is 816 g/mol. The van der Waals surface area contributed by atoms with E-state index in [1.54, 1.807) is 0 Å². The Morgan fingerprint density at radius 1 is 0.383 bits per heavy atom. The summed E-state index contributed by atoms with van der Waals surface area (Å²) >= 11 is 0. The molecule has 7 nitrogen and oxygen atoms in total. The van der Waals surface area contributed by atoms with E-state index in [0.29, 0.717) is 17.0 Å². The van der Waals surface area contributed by atoms with Crippen LogP contribution in [0.3, 0.4) is 0 Å². The standard InChI is InChI=1S/C53H77N5O2/c1-3-5-7-9-11-13-15-17-19-21-23-25-28-36-44-38-32-34-42-47(44)50(59)56-52-54-49(46-40-30-27-31-41-46)55-53(58-52)57-51(60)48-43-35-33-39-45(48)37-29-26-24-22-20-18-16-14-12-10-8-6-4-2/h27,30-35,38-43H,3-26,28-29,36-37H2,1-2H3,(H2,54,55,56,57,58,59,60). The fourth-order valence-corrected chi connectivity index (χ4v) is 8.13. The maximum Gasteiger partial charge on any atom is 0.258 e. The number of aryl methyl sites for hydroxylation is 2. The molecular formula is C53H77N5O2. The molecule has 0 atom stereocenters. The van der Waals surface area contributed by atoms with Crippen molar-refractivity contribution in [1.82, 2.24) is 15.0 Å². The molecule has 0 saturated heterocycles. The molecule has 0 unspecified atom stereocenters. The number of rotatable bonds is 33. The Morgan fingerprint density at radius 2 is 0.700 bits per heavy atom. The van der Waals surface area contributed by atoms with Crippen LogP contribution in [0.4, 0.5) is 11.9 Å². The van der Waals surface area contributed by atoms with Crippen LogP contribution in [0, 0.1) is 0 Å². The first-order chi connectivity index (χ1) is 29.6. The number of amides is 2. The molecule has 2 N–H and O–H groups in total. The third-order valence-corrected chi connectivity index (χ3v) is 11.7. The number of nitrogens with one attached hydrogen (secondary N) is 2. The second kappa shape index (κ2) is 30.6. The van der Waals surface area contributed by atoms with Gasteiger partial charge in [-0.3, -0.25) is 20.2 Å². The van der Waals surface area contributed by atoms with Crippen molar-refractivity contribution in [3.05, 3.63) is 101 Å². The Kier molecular flexibility index (Phi) is 24.6. The van der Waals surface area contributed by atoms with Crippen LogP contribution in [0.25, 0.3) is 11.4 Å². The van der Waals surface area contributed by atoms with Gasteiger partial charge < -0.3 is 0 Å². The highest BCUT2D eigenvalue weighted by molar-refractivity contribution is 6.06. The molecule has 0 saturated carbocycles. The van der Waals surface area contributed by atoms with Crippen LogP contribution < -0.4 is 10.6 Å². The lowest BCUT2D eigenvalue weighted by molar-refractivity contribution is 0.101. The predicted octanol–water partition coefficient (Wildman–Crippen LogP) is 15.3. The van der Waals surface area contributed by atoms with E-state index < -0.39 is 0 Å². The Hall–Kier alpha value is -4.39. The van der Waals surface area contributed by atoms with E-state index in [2.05, 4.69) is 39.4 Å². The van der Waals surface area contributed by atoms with E-state index in [1.165, 1.54) is 141 Å². The summed E-state index contributed by atoms with van der Waals surface area (Å²) in [5, 5.41) is 5.88. The molecule has 1 aromatic heterocycles. The normalized spacial score (nSPS) is 11.2. The Morgan fingerprint density at radius 3 is 1.07 bits per heavy atom. The number of carbonyl (C=O) groups is 2. The van der Waals surface area contributed by atoms with Gasteiger partial charge in [-0.05, 0) is 48.9 Å². The second-order valence-corrected chi connectivity index (χ2v) is 16.9. The summed E-state index contributed by atoms with van der Waals surface area (Å²) in [4.78, 5) is 41.4. The van der Waals surface area contributed by atoms with E-state index in [9.17, 15) is 9.59 Å². The van der Waals surface area contributed by atoms with Gasteiger partial charge in [0.15, 0.2) is 5.82 Å². The summed E-state index contributed by atoms with van der Waals surface area (Å²) in [6.45, 7) is 4.55. The molecule has 4 aromatic rings. The molecular weight excluding hydrogens is 739 g/mol. The van der Waals surface area contributed by atoms with Crippen molar-refractivity contribution in [2.45, 2.75) is 194 Å². The van der Waals surface area contributed by atoms with Crippen molar-refractivity contribution in [3.63, 3.8) is 0 Å². The van der Waals surface area contributed by atoms with Gasteiger partial charge in [0.25, 0.3) is 11.8 Å². The van der Waals surface area contributed by atoms with Crippen LogP contribution in [0.5, 0.6) is 0 Å². The maximum atomic E-state index is 13.8. The molecule has 4 rings (SSSR count). The topological polar surface area (TPSA) is 96.9 Å². The van der Waals surface area contributed by atoms with Crippen LogP contribution in [0.1, 0.15) is 213 Å². The third-order valence-electron chi connectivity index (χ3n) is 11.7. The number of aromatic nitrogens is 3. The molecule has 0 aliphatic carbocycles. The summed E-state index contributed by atoms with van der Waals surface area (Å²) in [5.41, 5.74) is 4.03. The van der Waals surface area contributed by atoms with Gasteiger partial charge in [0.2, 0.25) is 11.9 Å². The van der Waals surface area contributed by atoms with E-state index in [-0.39, 0.29) is 23.7 Å². The van der Waals surface area contributed by atoms with Gasteiger partial charge >= 0.3 is 0 Å². The smallest absolute Gasteiger partial charge is 0.258 e. The van der Waals surface area contributed by atoms with Gasteiger partial charge in [0.05, 0.1) is 0 Å². The summed E-state index contributed by atoms with van der Waals surface area (Å²) in [6.07, 6.45) is 35.7. The fourth-order valence-electron chi connectivity index (χ4n) is 8.13. The molecule has 0 aliphatic rings. The van der Waals surface area contributed by atoms with Gasteiger partial charge in [0.1, 0.15) is 0 Å². The van der Waals surface area contributed by atoms with E-state index in [1.807, 2.05) is 78.9 Å². The predicted molar refractivity (Wildman–Crippen MR) is 253 cm³/mol. The minimum Gasteiger partial charge on any atom is -0.290 e. The van der Waals surface area contributed by atoms with Crippen molar-refractivity contribution in [1.29, 1.82) is 0 Å². The van der Waals surface area contributed by atoms with E-state index >= 15 is 0 Å². The summed E-state index contributed by atoms with van der Waals surface area (Å²) in [5.74, 6) is 0.0222. The fraction of sp³-hybridized carbons (Fsp3) is 0.566. The number of carbonyl (C=O) groups excluding carboxylic acids is 2. The molecule has 60 heavy (non-hydrogen) atoms. The van der Waals surface area contributed by atoms with E-state index in [0.717, 1.165) is 55.2 Å². The molecule has 2 amide bonds. The number of unbranched alkanes of at least 4 members (excludes halogenated alkanes) is 24. The van der Waals surface area contributed by atoms with Crippen molar-refractivity contribution < 1.29 is 9.59 Å². The van der Waals surface area contributed by atoms with Crippen LogP contribution in [0.2, 0.25) is 0 Å². The van der Waals surface area contributed by atoms with Gasteiger partial charge in [0, 0.05) is 16.7 Å². The average molecular weight is 816 g/mol. The number of benzene rings is 3. The highest BCUT2D eigenvalue weighted by atomic mass is 16.2. The lowest BCUT2D eigenvalue weighted by Crippen LogP contribution is -2.20. The van der Waals surface area contributed by atoms with Gasteiger partial charge in [-0.2, -0.15) is 15.0 Å². The number of anilines is 2. The lowest BCUT2D eigenvalue weighted by atomic mass is 9.99. The molecule has 0 radical (unpaired) electrons. The minimum atomic E-state index is -0.272. The Bertz CT molecular complexity index is 1650. The highest BCUT2D eigenvalue weighted by Crippen LogP contribution is 2.22. The van der Waals surface area contributed by atoms with Crippen molar-refractivity contribution in [2.75, 3.05) is 10.6 Å². The van der Waals surface area contributed by atoms with Crippen molar-refractivity contribution in [2.24, 2.45) is 0 Å². The molecule has 0 bridgehead atoms. The van der Waals surface area contributed by atoms with Crippen LogP contribution in [0.15, 0.2) is 78.9 Å².